The van der Waals surface area contributed by atoms with Crippen molar-refractivity contribution in [2.75, 3.05) is 43.1 Å². The molecule has 7 heteroatoms. The highest BCUT2D eigenvalue weighted by molar-refractivity contribution is 7.22. The predicted molar refractivity (Wildman–Crippen MR) is 120 cm³/mol. The molecule has 1 fully saturated rings. The van der Waals surface area contributed by atoms with E-state index in [0.29, 0.717) is 0 Å². The minimum Gasteiger partial charge on any atom is -0.497 e. The van der Waals surface area contributed by atoms with Crippen LogP contribution in [0.5, 0.6) is 5.75 Å². The maximum Gasteiger partial charge on any atom is 0.186 e. The summed E-state index contributed by atoms with van der Waals surface area (Å²) in [4.78, 5) is 14.5. The molecule has 0 saturated carbocycles. The maximum absolute atomic E-state index is 5.32. The van der Waals surface area contributed by atoms with Crippen molar-refractivity contribution in [1.29, 1.82) is 0 Å². The van der Waals surface area contributed by atoms with Crippen molar-refractivity contribution in [3.63, 3.8) is 0 Å². The van der Waals surface area contributed by atoms with Gasteiger partial charge in [0.1, 0.15) is 5.75 Å². The number of benzene rings is 2. The average Bonchev–Trinajstić information content (AvgIpc) is 3.36. The van der Waals surface area contributed by atoms with E-state index >= 15 is 0 Å². The third-order valence-corrected chi connectivity index (χ3v) is 7.43. The fraction of sp³-hybridized carbons (Fsp3) is 0.333. The summed E-state index contributed by atoms with van der Waals surface area (Å²) in [6.07, 6.45) is 1.07. The second-order valence-electron chi connectivity index (χ2n) is 6.96. The number of anilines is 2. The monoisotopic (exact) mass is 410 g/mol. The molecule has 2 aromatic carbocycles. The summed E-state index contributed by atoms with van der Waals surface area (Å²) in [5, 5.41) is 2.23. The standard InChI is InChI=1S/C21H22N4OS2/c1-3-14-4-6-16-19(12-14)28-20(22-16)24-8-10-25(11-9-24)21-23-17-13-15(26-2)5-7-18(17)27-21/h4-7,12-13H,3,8-11H2,1-2H3. The van der Waals surface area contributed by atoms with Gasteiger partial charge in [-0.15, -0.1) is 0 Å². The highest BCUT2D eigenvalue weighted by atomic mass is 32.1. The molecule has 0 radical (unpaired) electrons. The Kier molecular flexibility index (Phi) is 4.56. The Balaban J connectivity index is 1.32. The Labute approximate surface area is 172 Å². The van der Waals surface area contributed by atoms with E-state index in [1.54, 1.807) is 18.4 Å². The number of aromatic nitrogens is 2. The number of piperazine rings is 1. The molecule has 4 aromatic rings. The molecule has 2 aromatic heterocycles. The van der Waals surface area contributed by atoms with Crippen LogP contribution in [-0.4, -0.2) is 43.3 Å². The number of nitrogens with zero attached hydrogens (tertiary/aromatic N) is 4. The summed E-state index contributed by atoms with van der Waals surface area (Å²) in [5.41, 5.74) is 3.50. The van der Waals surface area contributed by atoms with Gasteiger partial charge in [0.05, 0.1) is 27.5 Å². The lowest BCUT2D eigenvalue weighted by Gasteiger charge is -2.34. The first kappa shape index (κ1) is 17.7. The van der Waals surface area contributed by atoms with Crippen LogP contribution in [0.25, 0.3) is 20.4 Å². The molecule has 5 rings (SSSR count). The minimum absolute atomic E-state index is 0.858. The van der Waals surface area contributed by atoms with E-state index in [9.17, 15) is 0 Å². The largest absolute Gasteiger partial charge is 0.497 e. The van der Waals surface area contributed by atoms with Crippen LogP contribution in [0.2, 0.25) is 0 Å². The number of thiazole rings is 2. The van der Waals surface area contributed by atoms with Gasteiger partial charge in [-0.2, -0.15) is 0 Å². The number of hydrogen-bond donors (Lipinski definition) is 0. The van der Waals surface area contributed by atoms with Crippen LogP contribution in [0.15, 0.2) is 36.4 Å². The second kappa shape index (κ2) is 7.22. The van der Waals surface area contributed by atoms with Gasteiger partial charge in [-0.05, 0) is 36.2 Å². The smallest absolute Gasteiger partial charge is 0.186 e. The average molecular weight is 411 g/mol. The minimum atomic E-state index is 0.858. The summed E-state index contributed by atoms with van der Waals surface area (Å²) in [6, 6.07) is 12.7. The predicted octanol–water partition coefficient (Wildman–Crippen LogP) is 4.80. The van der Waals surface area contributed by atoms with Gasteiger partial charge < -0.3 is 14.5 Å². The van der Waals surface area contributed by atoms with Crippen LogP contribution < -0.4 is 14.5 Å². The first-order chi connectivity index (χ1) is 13.7. The number of rotatable bonds is 4. The highest BCUT2D eigenvalue weighted by Gasteiger charge is 2.22. The molecule has 0 N–H and O–H groups in total. The second-order valence-corrected chi connectivity index (χ2v) is 8.97. The topological polar surface area (TPSA) is 41.5 Å². The van der Waals surface area contributed by atoms with E-state index < -0.39 is 0 Å². The molecule has 144 valence electrons. The van der Waals surface area contributed by atoms with E-state index in [0.717, 1.165) is 59.6 Å². The van der Waals surface area contributed by atoms with Crippen LogP contribution in [0.4, 0.5) is 10.3 Å². The number of ether oxygens (including phenoxy) is 1. The Morgan fingerprint density at radius 3 is 2.21 bits per heavy atom. The van der Waals surface area contributed by atoms with E-state index in [-0.39, 0.29) is 0 Å². The molecule has 1 aliphatic heterocycles. The zero-order valence-corrected chi connectivity index (χ0v) is 17.6. The molecule has 0 aliphatic carbocycles. The van der Waals surface area contributed by atoms with Gasteiger partial charge >= 0.3 is 0 Å². The third-order valence-electron chi connectivity index (χ3n) is 5.25. The zero-order chi connectivity index (χ0) is 19.1. The molecule has 1 saturated heterocycles. The van der Waals surface area contributed by atoms with Crippen LogP contribution in [-0.2, 0) is 6.42 Å². The first-order valence-corrected chi connectivity index (χ1v) is 11.2. The van der Waals surface area contributed by atoms with E-state index in [1.807, 2.05) is 23.5 Å². The first-order valence-electron chi connectivity index (χ1n) is 9.57. The Morgan fingerprint density at radius 1 is 0.857 bits per heavy atom. The van der Waals surface area contributed by atoms with Crippen molar-refractivity contribution in [2.45, 2.75) is 13.3 Å². The van der Waals surface area contributed by atoms with E-state index in [1.165, 1.54) is 15.0 Å². The summed E-state index contributed by atoms with van der Waals surface area (Å²) in [6.45, 7) is 6.07. The van der Waals surface area contributed by atoms with Crippen LogP contribution in [0.1, 0.15) is 12.5 Å². The number of methoxy groups -OCH3 is 1. The van der Waals surface area contributed by atoms with Crippen molar-refractivity contribution in [1.82, 2.24) is 9.97 Å². The zero-order valence-electron chi connectivity index (χ0n) is 16.0. The van der Waals surface area contributed by atoms with Gasteiger partial charge in [-0.3, -0.25) is 0 Å². The third kappa shape index (κ3) is 3.18. The van der Waals surface area contributed by atoms with Crippen LogP contribution >= 0.6 is 22.7 Å². The molecular weight excluding hydrogens is 388 g/mol. The lowest BCUT2D eigenvalue weighted by atomic mass is 10.2. The van der Waals surface area contributed by atoms with Crippen LogP contribution in [0, 0.1) is 0 Å². The molecular formula is C21H22N4OS2. The summed E-state index contributed by atoms with van der Waals surface area (Å²) in [5.74, 6) is 0.858. The van der Waals surface area contributed by atoms with Crippen molar-refractivity contribution in [3.05, 3.63) is 42.0 Å². The summed E-state index contributed by atoms with van der Waals surface area (Å²) >= 11 is 3.56. The lowest BCUT2D eigenvalue weighted by molar-refractivity contribution is 0.415. The quantitative estimate of drug-likeness (QED) is 0.483. The fourth-order valence-corrected chi connectivity index (χ4v) is 5.64. The molecule has 0 unspecified atom stereocenters. The number of fused-ring (bicyclic) bond motifs is 2. The normalized spacial score (nSPS) is 14.9. The van der Waals surface area contributed by atoms with E-state index in [4.69, 9.17) is 14.7 Å². The summed E-state index contributed by atoms with van der Waals surface area (Å²) in [7, 11) is 1.69. The Hall–Kier alpha value is -2.38. The molecule has 5 nitrogen and oxygen atoms in total. The van der Waals surface area contributed by atoms with Crippen molar-refractivity contribution < 1.29 is 4.74 Å². The van der Waals surface area contributed by atoms with Gasteiger partial charge in [-0.25, -0.2) is 9.97 Å². The van der Waals surface area contributed by atoms with Gasteiger partial charge in [0, 0.05) is 32.2 Å². The van der Waals surface area contributed by atoms with Crippen molar-refractivity contribution in [3.8, 4) is 5.75 Å². The number of hydrogen-bond acceptors (Lipinski definition) is 7. The highest BCUT2D eigenvalue weighted by Crippen LogP contribution is 2.33. The SMILES string of the molecule is CCc1ccc2nc(N3CCN(c4nc5cc(OC)ccc5s4)CC3)sc2c1. The molecule has 0 atom stereocenters. The molecule has 1 aliphatic rings. The van der Waals surface area contributed by atoms with Gasteiger partial charge in [-0.1, -0.05) is 35.7 Å². The molecule has 0 spiro atoms. The fourth-order valence-electron chi connectivity index (χ4n) is 3.56. The van der Waals surface area contributed by atoms with Gasteiger partial charge in [0.25, 0.3) is 0 Å². The van der Waals surface area contributed by atoms with Crippen molar-refractivity contribution in [2.24, 2.45) is 0 Å². The van der Waals surface area contributed by atoms with Gasteiger partial charge in [0.15, 0.2) is 10.3 Å². The molecule has 3 heterocycles. The van der Waals surface area contributed by atoms with Crippen LogP contribution in [0.3, 0.4) is 0 Å². The lowest BCUT2D eigenvalue weighted by Crippen LogP contribution is -2.46. The van der Waals surface area contributed by atoms with Crippen molar-refractivity contribution >= 4 is 53.4 Å². The molecule has 28 heavy (non-hydrogen) atoms. The van der Waals surface area contributed by atoms with Gasteiger partial charge in [0.2, 0.25) is 0 Å². The molecule has 0 amide bonds. The molecule has 0 bridgehead atoms. The Morgan fingerprint density at radius 2 is 1.54 bits per heavy atom. The maximum atomic E-state index is 5.32. The van der Waals surface area contributed by atoms with E-state index in [2.05, 4.69) is 41.0 Å². The number of aryl methyl sites for hydroxylation is 1. The Bertz CT molecular complexity index is 1040. The summed E-state index contributed by atoms with van der Waals surface area (Å²) < 4.78 is 7.81.